The van der Waals surface area contributed by atoms with Crippen molar-refractivity contribution in [2.75, 3.05) is 13.1 Å². The molecular formula is C23H35B3F12NO4-3. The monoisotopic (exact) mass is 650 g/mol. The minimum Gasteiger partial charge on any atom is -0.456 e. The van der Waals surface area contributed by atoms with Crippen molar-refractivity contribution in [2.24, 2.45) is 5.92 Å². The molecule has 20 heteroatoms. The van der Waals surface area contributed by atoms with Crippen LogP contribution in [-0.2, 0) is 9.47 Å². The summed E-state index contributed by atoms with van der Waals surface area (Å²) in [6, 6.07) is 7.61. The quantitative estimate of drug-likeness (QED) is 0.182. The fraction of sp³-hybridized carbons (Fsp3) is 0.652. The molecule has 0 bridgehead atoms. The molecule has 0 saturated carbocycles. The van der Waals surface area contributed by atoms with E-state index in [2.05, 4.69) is 6.92 Å². The van der Waals surface area contributed by atoms with Crippen LogP contribution in [0.15, 0.2) is 24.3 Å². The van der Waals surface area contributed by atoms with Gasteiger partial charge in [0.15, 0.2) is 0 Å². The number of likely N-dealkylation sites (tertiary alicyclic amines) is 1. The maximum absolute atomic E-state index is 12.6. The molecule has 0 aliphatic carbocycles. The molecule has 0 unspecified atom stereocenters. The Morgan fingerprint density at radius 2 is 1.09 bits per heavy atom. The average Bonchev–Trinajstić information content (AvgIpc) is 2.89. The third-order valence-corrected chi connectivity index (χ3v) is 4.82. The van der Waals surface area contributed by atoms with Gasteiger partial charge in [-0.2, -0.15) is 0 Å². The number of amides is 1. The van der Waals surface area contributed by atoms with Gasteiger partial charge in [0, 0.05) is 19.0 Å². The molecule has 1 aromatic carbocycles. The van der Waals surface area contributed by atoms with Crippen molar-refractivity contribution < 1.29 is 70.9 Å². The first-order valence-electron chi connectivity index (χ1n) is 12.8. The van der Waals surface area contributed by atoms with Crippen LogP contribution in [0.4, 0.5) is 56.6 Å². The van der Waals surface area contributed by atoms with Gasteiger partial charge in [-0.25, -0.2) is 9.59 Å². The zero-order chi connectivity index (χ0) is 34.6. The highest BCUT2D eigenvalue weighted by Crippen LogP contribution is 2.32. The van der Waals surface area contributed by atoms with E-state index in [9.17, 15) is 61.4 Å². The Kier molecular flexibility index (Phi) is 16.8. The molecule has 2 rings (SSSR count). The first-order chi connectivity index (χ1) is 18.9. The van der Waals surface area contributed by atoms with E-state index in [0.717, 1.165) is 18.4 Å². The van der Waals surface area contributed by atoms with E-state index in [-0.39, 0.29) is 18.0 Å². The van der Waals surface area contributed by atoms with Crippen LogP contribution < -0.4 is 0 Å². The van der Waals surface area contributed by atoms with Crippen LogP contribution in [0.3, 0.4) is 0 Å². The van der Waals surface area contributed by atoms with Gasteiger partial charge < -0.3 is 66.2 Å². The highest BCUT2D eigenvalue weighted by molar-refractivity contribution is 6.50. The van der Waals surface area contributed by atoms with Crippen molar-refractivity contribution in [3.05, 3.63) is 35.4 Å². The summed E-state index contributed by atoms with van der Waals surface area (Å²) in [7, 11) is -18.0. The zero-order valence-corrected chi connectivity index (χ0v) is 24.6. The largest absolute Gasteiger partial charge is 0.673 e. The molecule has 1 amide bonds. The highest BCUT2D eigenvalue weighted by atomic mass is 19.5. The number of halogens is 12. The molecule has 1 aliphatic rings. The number of carbonyl (C=O) groups is 2. The van der Waals surface area contributed by atoms with E-state index in [1.807, 2.05) is 70.7 Å². The van der Waals surface area contributed by atoms with E-state index in [0.29, 0.717) is 24.6 Å². The molecular weight excluding hydrogens is 615 g/mol. The van der Waals surface area contributed by atoms with E-state index in [4.69, 9.17) is 9.47 Å². The molecule has 252 valence electrons. The minimum absolute atomic E-state index is 0.211. The summed E-state index contributed by atoms with van der Waals surface area (Å²) in [6.45, 7) is 14.8. The minimum atomic E-state index is -6.00. The lowest BCUT2D eigenvalue weighted by Gasteiger charge is -2.30. The Labute approximate surface area is 243 Å². The van der Waals surface area contributed by atoms with Crippen LogP contribution in [0.25, 0.3) is 0 Å². The third kappa shape index (κ3) is 29.2. The van der Waals surface area contributed by atoms with Crippen molar-refractivity contribution in [1.82, 2.24) is 4.90 Å². The van der Waals surface area contributed by atoms with Crippen LogP contribution in [0.1, 0.15) is 83.1 Å². The molecule has 1 aliphatic heterocycles. The van der Waals surface area contributed by atoms with E-state index < -0.39 is 33.0 Å². The average molecular weight is 650 g/mol. The summed E-state index contributed by atoms with van der Waals surface area (Å²) in [5, 5.41) is 0. The maximum atomic E-state index is 12.6. The first kappa shape index (κ1) is 42.4. The topological polar surface area (TPSA) is 55.8 Å². The second-order valence-electron chi connectivity index (χ2n) is 11.3. The number of hydrogen-bond donors (Lipinski definition) is 0. The Balaban J connectivity index is 0. The fourth-order valence-electron chi connectivity index (χ4n) is 3.44. The van der Waals surface area contributed by atoms with Crippen LogP contribution in [0, 0.1) is 5.92 Å². The summed E-state index contributed by atoms with van der Waals surface area (Å²) < 4.78 is 128. The summed E-state index contributed by atoms with van der Waals surface area (Å²) >= 11 is 0. The van der Waals surface area contributed by atoms with E-state index >= 15 is 0 Å². The summed E-state index contributed by atoms with van der Waals surface area (Å²) in [5.74, 6) is 0.339. The van der Waals surface area contributed by atoms with Crippen LogP contribution in [0.2, 0.25) is 0 Å². The van der Waals surface area contributed by atoms with Crippen molar-refractivity contribution >= 4 is 33.8 Å². The number of ether oxygens (including phenoxy) is 2. The van der Waals surface area contributed by atoms with Gasteiger partial charge in [0.05, 0.1) is 5.56 Å². The van der Waals surface area contributed by atoms with E-state index in [1.54, 1.807) is 0 Å². The van der Waals surface area contributed by atoms with E-state index in [1.165, 1.54) is 0 Å². The molecule has 1 aromatic rings. The van der Waals surface area contributed by atoms with Crippen molar-refractivity contribution in [2.45, 2.75) is 78.4 Å². The number of rotatable bonds is 2. The maximum Gasteiger partial charge on any atom is 0.673 e. The third-order valence-electron chi connectivity index (χ3n) is 4.82. The van der Waals surface area contributed by atoms with Gasteiger partial charge in [0.1, 0.15) is 11.2 Å². The van der Waals surface area contributed by atoms with Gasteiger partial charge in [0.2, 0.25) is 0 Å². The van der Waals surface area contributed by atoms with Crippen molar-refractivity contribution in [1.29, 1.82) is 0 Å². The van der Waals surface area contributed by atoms with Gasteiger partial charge >= 0.3 is 33.8 Å². The number of hydrogen-bond acceptors (Lipinski definition) is 4. The highest BCUT2D eigenvalue weighted by Gasteiger charge is 2.31. The second-order valence-corrected chi connectivity index (χ2v) is 11.3. The zero-order valence-electron chi connectivity index (χ0n) is 24.6. The molecule has 2 atom stereocenters. The molecule has 43 heavy (non-hydrogen) atoms. The fourth-order valence-corrected chi connectivity index (χ4v) is 3.44. The lowest BCUT2D eigenvalue weighted by Crippen LogP contribution is -2.39. The predicted molar refractivity (Wildman–Crippen MR) is 141 cm³/mol. The normalized spacial score (nSPS) is 17.9. The summed E-state index contributed by atoms with van der Waals surface area (Å²) in [4.78, 5) is 26.6. The van der Waals surface area contributed by atoms with Crippen LogP contribution in [0.5, 0.6) is 0 Å². The first-order valence-corrected chi connectivity index (χ1v) is 12.8. The van der Waals surface area contributed by atoms with Crippen molar-refractivity contribution in [3.8, 4) is 0 Å². The van der Waals surface area contributed by atoms with Gasteiger partial charge in [-0.15, -0.1) is 0 Å². The smallest absolute Gasteiger partial charge is 0.456 e. The molecule has 0 N–H and O–H groups in total. The molecule has 1 heterocycles. The molecule has 0 radical (unpaired) electrons. The van der Waals surface area contributed by atoms with Gasteiger partial charge in [-0.05, 0) is 78.0 Å². The molecule has 0 aromatic heterocycles. The Hall–Kier alpha value is -2.69. The Morgan fingerprint density at radius 1 is 0.721 bits per heavy atom. The number of benzene rings is 1. The predicted octanol–water partition coefficient (Wildman–Crippen LogP) is 9.29. The molecule has 1 saturated heterocycles. The van der Waals surface area contributed by atoms with Crippen LogP contribution in [-0.4, -0.2) is 63.0 Å². The molecule has 0 spiro atoms. The van der Waals surface area contributed by atoms with Crippen molar-refractivity contribution in [3.63, 3.8) is 0 Å². The SMILES string of the molecule is C[C@@H]1CCCN(C(=O)OC(C)(C)C)C[C@H]1c1ccc(C(=O)OC(C)(C)C)cc1.F[B-](F)(F)F.F[B-](F)(F)F.F[B-](F)(F)F. The second kappa shape index (κ2) is 17.0. The van der Waals surface area contributed by atoms with Gasteiger partial charge in [0.25, 0.3) is 0 Å². The summed E-state index contributed by atoms with van der Waals surface area (Å²) in [5.41, 5.74) is 0.665. The Bertz CT molecular complexity index is 930. The van der Waals surface area contributed by atoms with Gasteiger partial charge in [-0.1, -0.05) is 19.1 Å². The van der Waals surface area contributed by atoms with Crippen LogP contribution >= 0.6 is 0 Å². The number of esters is 1. The summed E-state index contributed by atoms with van der Waals surface area (Å²) in [6.07, 6.45) is 1.77. The standard InChI is InChI=1S/C23H35NO4.3BF4/c1-16-9-8-14-24(21(26)28-23(5,6)7)15-19(16)17-10-12-18(13-11-17)20(25)27-22(2,3)4;3*2-1(3,4)5/h10-13,16,19H,8-9,14-15H2,1-7H3;;;/q;3*-1/t16-,19-;;;/m1.../s1. The lowest BCUT2D eigenvalue weighted by atomic mass is 9.85. The molecule has 1 fully saturated rings. The van der Waals surface area contributed by atoms with Gasteiger partial charge in [-0.3, -0.25) is 0 Å². The Morgan fingerprint density at radius 3 is 1.44 bits per heavy atom. The molecule has 5 nitrogen and oxygen atoms in total. The number of carbonyl (C=O) groups excluding carboxylic acids is 2. The number of nitrogens with zero attached hydrogens (tertiary/aromatic N) is 1. The lowest BCUT2D eigenvalue weighted by molar-refractivity contribution is 0.00687.